The van der Waals surface area contributed by atoms with E-state index in [1.807, 2.05) is 6.92 Å². The van der Waals surface area contributed by atoms with Crippen molar-refractivity contribution < 1.29 is 14.3 Å². The molecule has 1 aliphatic rings. The first-order chi connectivity index (χ1) is 4.33. The Bertz CT molecular complexity index is 107. The van der Waals surface area contributed by atoms with E-state index in [9.17, 15) is 4.79 Å². The normalized spacial score (nSPS) is 22.8. The molecule has 0 atom stereocenters. The van der Waals surface area contributed by atoms with Crippen LogP contribution in [0.2, 0.25) is 0 Å². The molecule has 0 bridgehead atoms. The second-order valence-corrected chi connectivity index (χ2v) is 2.11. The molecule has 3 heteroatoms. The Morgan fingerprint density at radius 1 is 1.78 bits per heavy atom. The number of carbonyl (C=O) groups excluding carboxylic acids is 1. The molecule has 0 N–H and O–H groups in total. The van der Waals surface area contributed by atoms with Crippen molar-refractivity contribution in [1.29, 1.82) is 0 Å². The number of carbonyl (C=O) groups is 1. The van der Waals surface area contributed by atoms with Crippen LogP contribution in [0.1, 0.15) is 6.92 Å². The third kappa shape index (κ3) is 1.11. The number of aldehydes is 1. The summed E-state index contributed by atoms with van der Waals surface area (Å²) in [4.78, 5) is 10.3. The highest BCUT2D eigenvalue weighted by atomic mass is 16.6. The molecule has 1 aliphatic heterocycles. The molecule has 0 aromatic rings. The Labute approximate surface area is 53.9 Å². The van der Waals surface area contributed by atoms with E-state index in [-0.39, 0.29) is 0 Å². The molecule has 0 aliphatic carbocycles. The molecule has 1 heterocycles. The summed E-state index contributed by atoms with van der Waals surface area (Å²) in [7, 11) is 0. The minimum absolute atomic E-state index is 0.421. The fourth-order valence-corrected chi connectivity index (χ4v) is 0.776. The van der Waals surface area contributed by atoms with E-state index in [1.54, 1.807) is 0 Å². The highest BCUT2D eigenvalue weighted by Gasteiger charge is 2.39. The van der Waals surface area contributed by atoms with Crippen molar-refractivity contribution in [3.05, 3.63) is 0 Å². The molecular weight excluding hydrogens is 120 g/mol. The fraction of sp³-hybridized carbons (Fsp3) is 0.833. The van der Waals surface area contributed by atoms with Gasteiger partial charge in [0, 0.05) is 6.61 Å². The average Bonchev–Trinajstić information content (AvgIpc) is 1.79. The highest BCUT2D eigenvalue weighted by molar-refractivity contribution is 5.64. The lowest BCUT2D eigenvalue weighted by Gasteiger charge is -2.35. The highest BCUT2D eigenvalue weighted by Crippen LogP contribution is 2.18. The quantitative estimate of drug-likeness (QED) is 0.504. The van der Waals surface area contributed by atoms with Crippen LogP contribution < -0.4 is 0 Å². The monoisotopic (exact) mass is 130 g/mol. The summed E-state index contributed by atoms with van der Waals surface area (Å²) in [6.45, 7) is 3.28. The van der Waals surface area contributed by atoms with Crippen LogP contribution >= 0.6 is 0 Å². The average molecular weight is 130 g/mol. The molecule has 0 aromatic heterocycles. The summed E-state index contributed by atoms with van der Waals surface area (Å²) in [5.74, 6) is 0. The van der Waals surface area contributed by atoms with Gasteiger partial charge in [0.1, 0.15) is 0 Å². The first-order valence-electron chi connectivity index (χ1n) is 3.01. The van der Waals surface area contributed by atoms with Crippen molar-refractivity contribution in [2.45, 2.75) is 12.5 Å². The lowest BCUT2D eigenvalue weighted by molar-refractivity contribution is -0.197. The predicted molar refractivity (Wildman–Crippen MR) is 31.2 cm³/mol. The number of hydrogen-bond acceptors (Lipinski definition) is 3. The van der Waals surface area contributed by atoms with Crippen molar-refractivity contribution in [3.8, 4) is 0 Å². The summed E-state index contributed by atoms with van der Waals surface area (Å²) in [6, 6.07) is 0. The van der Waals surface area contributed by atoms with Crippen molar-refractivity contribution in [2.24, 2.45) is 0 Å². The van der Waals surface area contributed by atoms with Gasteiger partial charge in [-0.15, -0.1) is 0 Å². The molecule has 0 radical (unpaired) electrons. The summed E-state index contributed by atoms with van der Waals surface area (Å²) < 4.78 is 9.95. The molecule has 3 nitrogen and oxygen atoms in total. The van der Waals surface area contributed by atoms with Gasteiger partial charge in [-0.3, -0.25) is 4.79 Å². The van der Waals surface area contributed by atoms with Gasteiger partial charge in [-0.25, -0.2) is 0 Å². The van der Waals surface area contributed by atoms with E-state index in [1.165, 1.54) is 0 Å². The minimum Gasteiger partial charge on any atom is -0.374 e. The third-order valence-corrected chi connectivity index (χ3v) is 1.34. The van der Waals surface area contributed by atoms with Crippen molar-refractivity contribution >= 4 is 6.29 Å². The van der Waals surface area contributed by atoms with Gasteiger partial charge in [-0.2, -0.15) is 0 Å². The number of ether oxygens (including phenoxy) is 2. The second kappa shape index (κ2) is 2.45. The Hall–Kier alpha value is -0.410. The van der Waals surface area contributed by atoms with Crippen LogP contribution in [0.25, 0.3) is 0 Å². The van der Waals surface area contributed by atoms with Gasteiger partial charge in [0.15, 0.2) is 11.9 Å². The van der Waals surface area contributed by atoms with Crippen LogP contribution in [0.3, 0.4) is 0 Å². The molecule has 1 saturated heterocycles. The largest absolute Gasteiger partial charge is 0.374 e. The lowest BCUT2D eigenvalue weighted by atomic mass is 10.1. The van der Waals surface area contributed by atoms with Crippen LogP contribution in [0, 0.1) is 0 Å². The van der Waals surface area contributed by atoms with E-state index in [0.29, 0.717) is 19.8 Å². The Morgan fingerprint density at radius 2 is 2.44 bits per heavy atom. The van der Waals surface area contributed by atoms with Gasteiger partial charge in [-0.1, -0.05) is 0 Å². The van der Waals surface area contributed by atoms with Crippen molar-refractivity contribution in [3.63, 3.8) is 0 Å². The Morgan fingerprint density at radius 3 is 2.56 bits per heavy atom. The zero-order valence-corrected chi connectivity index (χ0v) is 5.42. The first-order valence-corrected chi connectivity index (χ1v) is 3.01. The van der Waals surface area contributed by atoms with E-state index in [2.05, 4.69) is 0 Å². The summed E-state index contributed by atoms with van der Waals surface area (Å²) >= 11 is 0. The predicted octanol–water partition coefficient (Wildman–Crippen LogP) is -0.00920. The van der Waals surface area contributed by atoms with Crippen LogP contribution in [0.15, 0.2) is 0 Å². The standard InChI is InChI=1S/C6H10O3/c1-2-9-6(3-7)4-8-5-6/h3H,2,4-5H2,1H3. The molecule has 9 heavy (non-hydrogen) atoms. The molecule has 0 aromatic carbocycles. The zero-order valence-electron chi connectivity index (χ0n) is 5.42. The summed E-state index contributed by atoms with van der Waals surface area (Å²) in [5.41, 5.74) is -0.589. The lowest BCUT2D eigenvalue weighted by Crippen LogP contribution is -2.53. The van der Waals surface area contributed by atoms with E-state index >= 15 is 0 Å². The summed E-state index contributed by atoms with van der Waals surface area (Å²) in [5, 5.41) is 0. The third-order valence-electron chi connectivity index (χ3n) is 1.34. The maximum absolute atomic E-state index is 10.3. The molecule has 0 spiro atoms. The van der Waals surface area contributed by atoms with Gasteiger partial charge in [0.25, 0.3) is 0 Å². The van der Waals surface area contributed by atoms with Crippen LogP contribution in [-0.4, -0.2) is 31.7 Å². The van der Waals surface area contributed by atoms with Gasteiger partial charge >= 0.3 is 0 Å². The Balaban J connectivity index is 2.37. The second-order valence-electron chi connectivity index (χ2n) is 2.11. The van der Waals surface area contributed by atoms with E-state index < -0.39 is 5.60 Å². The Kier molecular flexibility index (Phi) is 1.83. The smallest absolute Gasteiger partial charge is 0.169 e. The molecule has 1 fully saturated rings. The van der Waals surface area contributed by atoms with Crippen LogP contribution in [0.4, 0.5) is 0 Å². The number of rotatable bonds is 3. The van der Waals surface area contributed by atoms with Gasteiger partial charge in [0.2, 0.25) is 0 Å². The zero-order chi connectivity index (χ0) is 6.74. The van der Waals surface area contributed by atoms with Gasteiger partial charge in [0.05, 0.1) is 13.2 Å². The van der Waals surface area contributed by atoms with Crippen LogP contribution in [-0.2, 0) is 14.3 Å². The SMILES string of the molecule is CCOC1(C=O)COC1. The number of hydrogen-bond donors (Lipinski definition) is 0. The molecule has 0 unspecified atom stereocenters. The van der Waals surface area contributed by atoms with E-state index in [0.717, 1.165) is 6.29 Å². The first kappa shape index (κ1) is 6.71. The van der Waals surface area contributed by atoms with Gasteiger partial charge < -0.3 is 9.47 Å². The van der Waals surface area contributed by atoms with Crippen molar-refractivity contribution in [1.82, 2.24) is 0 Å². The minimum atomic E-state index is -0.589. The molecular formula is C6H10O3. The maximum atomic E-state index is 10.3. The molecule has 0 saturated carbocycles. The van der Waals surface area contributed by atoms with Crippen molar-refractivity contribution in [2.75, 3.05) is 19.8 Å². The molecule has 1 rings (SSSR count). The molecule has 0 amide bonds. The fourth-order valence-electron chi connectivity index (χ4n) is 0.776. The molecule has 52 valence electrons. The van der Waals surface area contributed by atoms with Crippen LogP contribution in [0.5, 0.6) is 0 Å². The summed E-state index contributed by atoms with van der Waals surface area (Å²) in [6.07, 6.45) is 0.819. The maximum Gasteiger partial charge on any atom is 0.169 e. The van der Waals surface area contributed by atoms with E-state index in [4.69, 9.17) is 9.47 Å². The van der Waals surface area contributed by atoms with Gasteiger partial charge in [-0.05, 0) is 6.92 Å². The topological polar surface area (TPSA) is 35.5 Å².